The van der Waals surface area contributed by atoms with Gasteiger partial charge in [0.2, 0.25) is 0 Å². The Balaban J connectivity index is 1.43. The zero-order valence-electron chi connectivity index (χ0n) is 18.3. The first-order chi connectivity index (χ1) is 16.1. The van der Waals surface area contributed by atoms with Crippen LogP contribution in [-0.2, 0) is 6.54 Å². The van der Waals surface area contributed by atoms with Gasteiger partial charge in [0.05, 0.1) is 19.2 Å². The summed E-state index contributed by atoms with van der Waals surface area (Å²) in [5.41, 5.74) is 1.92. The number of likely N-dealkylation sites (tertiary alicyclic amines) is 1. The molecule has 5 rings (SSSR count). The lowest BCUT2D eigenvalue weighted by atomic mass is 9.96. The molecule has 0 aliphatic carbocycles. The number of carbonyl (C=O) groups excluding carboxylic acids is 1. The molecule has 2 aromatic carbocycles. The van der Waals surface area contributed by atoms with Crippen LogP contribution in [0.15, 0.2) is 59.4 Å². The number of piperidine rings is 1. The number of ether oxygens (including phenoxy) is 1. The van der Waals surface area contributed by atoms with Crippen LogP contribution in [0.5, 0.6) is 5.75 Å². The van der Waals surface area contributed by atoms with Crippen LogP contribution in [0.4, 0.5) is 0 Å². The van der Waals surface area contributed by atoms with E-state index in [9.17, 15) is 9.59 Å². The molecule has 33 heavy (non-hydrogen) atoms. The van der Waals surface area contributed by atoms with E-state index in [1.165, 1.54) is 0 Å². The number of rotatable bonds is 5. The Labute approximate surface area is 190 Å². The molecule has 4 aromatic rings. The highest BCUT2D eigenvalue weighted by Crippen LogP contribution is 2.27. The highest BCUT2D eigenvalue weighted by atomic mass is 16.5. The van der Waals surface area contributed by atoms with Crippen LogP contribution in [0.2, 0.25) is 0 Å². The molecule has 1 aliphatic rings. The van der Waals surface area contributed by atoms with E-state index in [-0.39, 0.29) is 22.9 Å². The number of fused-ring (bicyclic) bond motifs is 1. The maximum absolute atomic E-state index is 13.2. The van der Waals surface area contributed by atoms with E-state index in [1.807, 2.05) is 42.5 Å². The number of nitrogens with one attached hydrogen (secondary N) is 1. The van der Waals surface area contributed by atoms with Gasteiger partial charge in [0.25, 0.3) is 11.5 Å². The minimum atomic E-state index is -0.317. The number of H-pyrrole nitrogens is 1. The minimum Gasteiger partial charge on any atom is -0.496 e. The Kier molecular flexibility index (Phi) is 5.60. The molecule has 0 saturated carbocycles. The predicted octanol–water partition coefficient (Wildman–Crippen LogP) is 2.59. The fraction of sp³-hybridized carbons (Fsp3) is 0.292. The van der Waals surface area contributed by atoms with Gasteiger partial charge in [-0.1, -0.05) is 47.7 Å². The first-order valence-corrected chi connectivity index (χ1v) is 10.9. The second kappa shape index (κ2) is 8.85. The van der Waals surface area contributed by atoms with E-state index in [2.05, 4.69) is 15.3 Å². The van der Waals surface area contributed by atoms with E-state index in [0.29, 0.717) is 42.4 Å². The average molecular weight is 444 g/mol. The maximum Gasteiger partial charge on any atom is 0.281 e. The molecule has 0 radical (unpaired) electrons. The van der Waals surface area contributed by atoms with Gasteiger partial charge in [0, 0.05) is 19.0 Å². The van der Waals surface area contributed by atoms with Crippen LogP contribution in [0.25, 0.3) is 11.2 Å². The van der Waals surface area contributed by atoms with Crippen molar-refractivity contribution >= 4 is 17.1 Å². The van der Waals surface area contributed by atoms with E-state index < -0.39 is 0 Å². The van der Waals surface area contributed by atoms with Crippen molar-refractivity contribution in [2.24, 2.45) is 0 Å². The van der Waals surface area contributed by atoms with Crippen LogP contribution in [0.1, 0.15) is 40.5 Å². The molecule has 9 heteroatoms. The first kappa shape index (κ1) is 20.9. The van der Waals surface area contributed by atoms with E-state index in [1.54, 1.807) is 28.8 Å². The molecule has 0 bridgehead atoms. The average Bonchev–Trinajstić information content (AvgIpc) is 3.27. The Hall–Kier alpha value is -4.01. The topological polar surface area (TPSA) is 106 Å². The molecule has 3 heterocycles. The van der Waals surface area contributed by atoms with Crippen molar-refractivity contribution in [3.63, 3.8) is 0 Å². The van der Waals surface area contributed by atoms with Crippen molar-refractivity contribution in [3.05, 3.63) is 81.9 Å². The second-order valence-corrected chi connectivity index (χ2v) is 8.15. The molecule has 1 amide bonds. The van der Waals surface area contributed by atoms with Gasteiger partial charge in [-0.3, -0.25) is 9.59 Å². The Bertz CT molecular complexity index is 1350. The number of nitrogens with zero attached hydrogens (tertiary/aromatic N) is 5. The lowest BCUT2D eigenvalue weighted by molar-refractivity contribution is 0.0701. The first-order valence-electron chi connectivity index (χ1n) is 10.9. The smallest absolute Gasteiger partial charge is 0.281 e. The van der Waals surface area contributed by atoms with Gasteiger partial charge < -0.3 is 14.6 Å². The zero-order valence-corrected chi connectivity index (χ0v) is 18.3. The van der Waals surface area contributed by atoms with Crippen molar-refractivity contribution < 1.29 is 9.53 Å². The van der Waals surface area contributed by atoms with Gasteiger partial charge in [-0.25, -0.2) is 9.67 Å². The molecule has 1 fully saturated rings. The number of methoxy groups -OCH3 is 1. The third kappa shape index (κ3) is 4.09. The molecule has 0 spiro atoms. The van der Waals surface area contributed by atoms with Gasteiger partial charge in [-0.15, -0.1) is 5.10 Å². The maximum atomic E-state index is 13.2. The molecule has 0 unspecified atom stereocenters. The highest BCUT2D eigenvalue weighted by Gasteiger charge is 2.29. The minimum absolute atomic E-state index is 0.0867. The molecule has 9 nitrogen and oxygen atoms in total. The number of hydrogen-bond acceptors (Lipinski definition) is 6. The number of para-hydroxylation sites is 1. The van der Waals surface area contributed by atoms with Gasteiger partial charge in [-0.2, -0.15) is 0 Å². The SMILES string of the molecule is COc1ccccc1C(=O)N1CCC[C@@H](c2nc3c(nnn3Cc3ccccc3)c(=O)[nH]2)C1. The Morgan fingerprint density at radius 2 is 1.94 bits per heavy atom. The number of aromatic nitrogens is 5. The summed E-state index contributed by atoms with van der Waals surface area (Å²) in [6, 6.07) is 17.0. The van der Waals surface area contributed by atoms with Crippen molar-refractivity contribution in [2.75, 3.05) is 20.2 Å². The largest absolute Gasteiger partial charge is 0.496 e. The third-order valence-corrected chi connectivity index (χ3v) is 6.00. The second-order valence-electron chi connectivity index (χ2n) is 8.15. The van der Waals surface area contributed by atoms with Crippen molar-refractivity contribution in [1.29, 1.82) is 0 Å². The van der Waals surface area contributed by atoms with Crippen LogP contribution < -0.4 is 10.3 Å². The summed E-state index contributed by atoms with van der Waals surface area (Å²) in [5, 5.41) is 8.18. The molecule has 168 valence electrons. The van der Waals surface area contributed by atoms with E-state index in [4.69, 9.17) is 9.72 Å². The summed E-state index contributed by atoms with van der Waals surface area (Å²) in [6.45, 7) is 1.58. The molecule has 1 atom stereocenters. The number of hydrogen-bond donors (Lipinski definition) is 1. The monoisotopic (exact) mass is 444 g/mol. The molecule has 1 N–H and O–H groups in total. The third-order valence-electron chi connectivity index (χ3n) is 6.00. The number of benzene rings is 2. The normalized spacial score (nSPS) is 16.2. The summed E-state index contributed by atoms with van der Waals surface area (Å²) in [6.07, 6.45) is 1.64. The van der Waals surface area contributed by atoms with Crippen LogP contribution >= 0.6 is 0 Å². The standard InChI is InChI=1S/C24H24N6O3/c1-33-19-12-6-5-11-18(19)24(32)29-13-7-10-17(15-29)21-25-22-20(23(31)26-21)27-28-30(22)14-16-8-3-2-4-9-16/h2-6,8-9,11-12,17H,7,10,13-15H2,1H3,(H,25,26,31)/t17-/m1/s1. The van der Waals surface area contributed by atoms with E-state index in [0.717, 1.165) is 18.4 Å². The highest BCUT2D eigenvalue weighted by molar-refractivity contribution is 5.97. The zero-order chi connectivity index (χ0) is 22.8. The fourth-order valence-corrected chi connectivity index (χ4v) is 4.32. The summed E-state index contributed by atoms with van der Waals surface area (Å²) < 4.78 is 7.00. The van der Waals surface area contributed by atoms with Gasteiger partial charge in [0.1, 0.15) is 11.6 Å². The lowest BCUT2D eigenvalue weighted by Crippen LogP contribution is -2.40. The number of carbonyl (C=O) groups is 1. The Morgan fingerprint density at radius 1 is 1.15 bits per heavy atom. The number of amides is 1. The van der Waals surface area contributed by atoms with Crippen molar-refractivity contribution in [1.82, 2.24) is 29.9 Å². The molecule has 1 saturated heterocycles. The lowest BCUT2D eigenvalue weighted by Gasteiger charge is -2.32. The van der Waals surface area contributed by atoms with E-state index >= 15 is 0 Å². The van der Waals surface area contributed by atoms with Crippen molar-refractivity contribution in [3.8, 4) is 5.75 Å². The predicted molar refractivity (Wildman–Crippen MR) is 122 cm³/mol. The van der Waals surface area contributed by atoms with Crippen LogP contribution in [0.3, 0.4) is 0 Å². The summed E-state index contributed by atoms with van der Waals surface area (Å²) in [4.78, 5) is 35.3. The fourth-order valence-electron chi connectivity index (χ4n) is 4.32. The van der Waals surface area contributed by atoms with Crippen molar-refractivity contribution in [2.45, 2.75) is 25.3 Å². The summed E-state index contributed by atoms with van der Waals surface area (Å²) in [5.74, 6) is 0.932. The molecular weight excluding hydrogens is 420 g/mol. The molecule has 1 aliphatic heterocycles. The molecule has 2 aromatic heterocycles. The Morgan fingerprint density at radius 3 is 2.76 bits per heavy atom. The molecular formula is C24H24N6O3. The number of aromatic amines is 1. The van der Waals surface area contributed by atoms with Crippen LogP contribution in [0, 0.1) is 0 Å². The summed E-state index contributed by atoms with van der Waals surface area (Å²) >= 11 is 0. The quantitative estimate of drug-likeness (QED) is 0.507. The summed E-state index contributed by atoms with van der Waals surface area (Å²) in [7, 11) is 1.56. The van der Waals surface area contributed by atoms with Gasteiger partial charge in [0.15, 0.2) is 11.2 Å². The van der Waals surface area contributed by atoms with Gasteiger partial charge >= 0.3 is 0 Å². The van der Waals surface area contributed by atoms with Gasteiger partial charge in [-0.05, 0) is 30.5 Å². The van der Waals surface area contributed by atoms with Crippen LogP contribution in [-0.4, -0.2) is 56.0 Å².